The number of nitrogens with zero attached hydrogens (tertiary/aromatic N) is 4. The maximum atomic E-state index is 12.4. The Bertz CT molecular complexity index is 2130. The van der Waals surface area contributed by atoms with Gasteiger partial charge in [-0.25, -0.2) is 14.8 Å². The molecule has 7 aromatic rings. The molecule has 2 aromatic heterocycles. The number of benzene rings is 5. The zero-order valence-electron chi connectivity index (χ0n) is 24.9. The number of phenolic OH excluding ortho intramolecular Hbond substituents is 1. The highest BCUT2D eigenvalue weighted by molar-refractivity contribution is 5.97. The predicted octanol–water partition coefficient (Wildman–Crippen LogP) is 7.70. The predicted molar refractivity (Wildman–Crippen MR) is 177 cm³/mol. The monoisotopic (exact) mass is 592 g/mol. The average molecular weight is 593 g/mol. The molecule has 7 heteroatoms. The van der Waals surface area contributed by atoms with Crippen LogP contribution in [0.3, 0.4) is 0 Å². The van der Waals surface area contributed by atoms with Crippen LogP contribution in [0.1, 0.15) is 21.5 Å². The van der Waals surface area contributed by atoms with Crippen molar-refractivity contribution in [3.05, 3.63) is 138 Å². The summed E-state index contributed by atoms with van der Waals surface area (Å²) in [7, 11) is 1.38. The largest absolute Gasteiger partial charge is 0.507 e. The lowest BCUT2D eigenvalue weighted by Gasteiger charge is -2.14. The topological polar surface area (TPSA) is 82.2 Å². The van der Waals surface area contributed by atoms with E-state index in [1.807, 2.05) is 60.7 Å². The first-order valence-corrected chi connectivity index (χ1v) is 15.0. The molecule has 0 fully saturated rings. The van der Waals surface area contributed by atoms with Gasteiger partial charge in [0.25, 0.3) is 0 Å². The minimum Gasteiger partial charge on any atom is -0.507 e. The molecule has 7 rings (SSSR count). The number of rotatable bonds is 9. The number of aryl methyl sites for hydroxylation is 4. The molecule has 0 saturated carbocycles. The maximum Gasteiger partial charge on any atom is 0.337 e. The van der Waals surface area contributed by atoms with E-state index in [-0.39, 0.29) is 5.75 Å². The molecule has 0 saturated heterocycles. The zero-order chi connectivity index (χ0) is 30.8. The molecular formula is C38H32N4O3. The van der Waals surface area contributed by atoms with Crippen LogP contribution in [0, 0.1) is 0 Å². The second-order valence-corrected chi connectivity index (χ2v) is 11.0. The van der Waals surface area contributed by atoms with E-state index in [1.165, 1.54) is 18.2 Å². The normalized spacial score (nSPS) is 11.3. The number of hydrogen-bond acceptors (Lipinski definition) is 5. The number of esters is 1. The number of aromatic nitrogens is 4. The quantitative estimate of drug-likeness (QED) is 0.174. The first-order chi connectivity index (χ1) is 22.1. The molecule has 45 heavy (non-hydrogen) atoms. The number of aromatic hydroxyl groups is 1. The number of methoxy groups -OCH3 is 1. The van der Waals surface area contributed by atoms with Gasteiger partial charge in [-0.1, -0.05) is 78.9 Å². The number of carbonyl (C=O) groups is 1. The summed E-state index contributed by atoms with van der Waals surface area (Å²) in [6.45, 7) is 1.34. The van der Waals surface area contributed by atoms with Crippen LogP contribution in [0.4, 0.5) is 0 Å². The van der Waals surface area contributed by atoms with E-state index in [0.29, 0.717) is 35.6 Å². The van der Waals surface area contributed by atoms with Crippen molar-refractivity contribution >= 4 is 28.0 Å². The molecule has 0 aliphatic carbocycles. The summed E-state index contributed by atoms with van der Waals surface area (Å²) in [6, 6.07) is 39.7. The molecule has 0 atom stereocenters. The van der Waals surface area contributed by atoms with Crippen LogP contribution in [0.5, 0.6) is 5.75 Å². The third kappa shape index (κ3) is 5.45. The molecule has 0 spiro atoms. The van der Waals surface area contributed by atoms with Crippen molar-refractivity contribution in [2.45, 2.75) is 25.9 Å². The number of imidazole rings is 2. The fourth-order valence-corrected chi connectivity index (χ4v) is 6.03. The molecule has 0 unspecified atom stereocenters. The van der Waals surface area contributed by atoms with E-state index in [4.69, 9.17) is 14.7 Å². The van der Waals surface area contributed by atoms with Crippen molar-refractivity contribution in [3.8, 4) is 28.5 Å². The fourth-order valence-electron chi connectivity index (χ4n) is 6.03. The summed E-state index contributed by atoms with van der Waals surface area (Å²) in [6.07, 6.45) is 1.60. The van der Waals surface area contributed by atoms with Crippen LogP contribution >= 0.6 is 0 Å². The van der Waals surface area contributed by atoms with E-state index in [1.54, 1.807) is 18.2 Å². The van der Waals surface area contributed by atoms with Gasteiger partial charge in [-0.15, -0.1) is 0 Å². The molecule has 0 radical (unpaired) electrons. The smallest absolute Gasteiger partial charge is 0.337 e. The Morgan fingerprint density at radius 1 is 0.667 bits per heavy atom. The van der Waals surface area contributed by atoms with E-state index in [9.17, 15) is 9.90 Å². The molecule has 0 aliphatic heterocycles. The van der Waals surface area contributed by atoms with Gasteiger partial charge in [0, 0.05) is 18.7 Å². The van der Waals surface area contributed by atoms with E-state index in [0.717, 1.165) is 40.8 Å². The Morgan fingerprint density at radius 2 is 1.27 bits per heavy atom. The SMILES string of the molecule is COC(=O)c1ccc2c(c1)nc(-c1cccc3nc(-c4ccccc4O)n(CCc4ccccc4)c13)n2CCc1ccccc1. The molecule has 5 aromatic carbocycles. The highest BCUT2D eigenvalue weighted by Crippen LogP contribution is 2.37. The summed E-state index contributed by atoms with van der Waals surface area (Å²) >= 11 is 0. The number of fused-ring (bicyclic) bond motifs is 2. The van der Waals surface area contributed by atoms with E-state index < -0.39 is 5.97 Å². The molecule has 0 aliphatic rings. The van der Waals surface area contributed by atoms with Crippen molar-refractivity contribution < 1.29 is 14.6 Å². The maximum absolute atomic E-state index is 12.4. The van der Waals surface area contributed by atoms with Crippen LogP contribution < -0.4 is 0 Å². The number of para-hydroxylation sites is 2. The van der Waals surface area contributed by atoms with Gasteiger partial charge in [0.15, 0.2) is 0 Å². The Balaban J connectivity index is 1.44. The second-order valence-electron chi connectivity index (χ2n) is 11.0. The van der Waals surface area contributed by atoms with Crippen molar-refractivity contribution in [2.75, 3.05) is 7.11 Å². The van der Waals surface area contributed by atoms with Crippen LogP contribution in [-0.4, -0.2) is 37.3 Å². The van der Waals surface area contributed by atoms with Gasteiger partial charge in [-0.3, -0.25) is 0 Å². The van der Waals surface area contributed by atoms with Gasteiger partial charge in [-0.05, 0) is 66.4 Å². The minimum absolute atomic E-state index is 0.181. The Kier molecular flexibility index (Phi) is 7.57. The highest BCUT2D eigenvalue weighted by atomic mass is 16.5. The number of ether oxygens (including phenoxy) is 1. The summed E-state index contributed by atoms with van der Waals surface area (Å²) in [4.78, 5) is 22.6. The molecule has 1 N–H and O–H groups in total. The molecule has 0 bridgehead atoms. The summed E-state index contributed by atoms with van der Waals surface area (Å²) in [5, 5.41) is 10.9. The third-order valence-corrected chi connectivity index (χ3v) is 8.26. The third-order valence-electron chi connectivity index (χ3n) is 8.26. The highest BCUT2D eigenvalue weighted by Gasteiger charge is 2.22. The van der Waals surface area contributed by atoms with Crippen LogP contribution in [0.15, 0.2) is 121 Å². The van der Waals surface area contributed by atoms with Gasteiger partial charge >= 0.3 is 5.97 Å². The van der Waals surface area contributed by atoms with E-state index >= 15 is 0 Å². The van der Waals surface area contributed by atoms with Crippen LogP contribution in [-0.2, 0) is 30.7 Å². The van der Waals surface area contributed by atoms with Crippen molar-refractivity contribution in [1.29, 1.82) is 0 Å². The summed E-state index contributed by atoms with van der Waals surface area (Å²) in [5.74, 6) is 1.27. The van der Waals surface area contributed by atoms with Gasteiger partial charge in [-0.2, -0.15) is 0 Å². The van der Waals surface area contributed by atoms with Crippen LogP contribution in [0.2, 0.25) is 0 Å². The number of hydrogen-bond donors (Lipinski definition) is 1. The van der Waals surface area contributed by atoms with Gasteiger partial charge in [0.1, 0.15) is 17.4 Å². The second kappa shape index (κ2) is 12.1. The summed E-state index contributed by atoms with van der Waals surface area (Å²) < 4.78 is 9.43. The molecule has 222 valence electrons. The van der Waals surface area contributed by atoms with Crippen LogP contribution in [0.25, 0.3) is 44.8 Å². The molecule has 0 amide bonds. The van der Waals surface area contributed by atoms with Crippen molar-refractivity contribution in [2.24, 2.45) is 0 Å². The zero-order valence-corrected chi connectivity index (χ0v) is 24.9. The van der Waals surface area contributed by atoms with E-state index in [2.05, 4.69) is 51.6 Å². The number of carbonyl (C=O) groups excluding carboxylic acids is 1. The summed E-state index contributed by atoms with van der Waals surface area (Å²) in [5.41, 5.74) is 7.90. The standard InChI is InChI=1S/C38H32N4O3/c1-45-38(44)28-19-20-33-32(25-28)40-37(41(33)23-21-26-11-4-2-5-12-26)30-16-10-17-31-35(30)42(24-22-27-13-6-3-7-14-27)36(39-31)29-15-8-9-18-34(29)43/h2-20,25,43H,21-24H2,1H3. The minimum atomic E-state index is -0.398. The molecule has 7 nitrogen and oxygen atoms in total. The Hall–Kier alpha value is -5.69. The molecule has 2 heterocycles. The lowest BCUT2D eigenvalue weighted by atomic mass is 10.1. The number of phenols is 1. The average Bonchev–Trinajstić information content (AvgIpc) is 3.65. The lowest BCUT2D eigenvalue weighted by Crippen LogP contribution is -2.07. The first kappa shape index (κ1) is 28.1. The van der Waals surface area contributed by atoms with Gasteiger partial charge < -0.3 is 19.0 Å². The van der Waals surface area contributed by atoms with Crippen molar-refractivity contribution in [3.63, 3.8) is 0 Å². The first-order valence-electron chi connectivity index (χ1n) is 15.0. The Morgan fingerprint density at radius 3 is 1.96 bits per heavy atom. The van der Waals surface area contributed by atoms with Gasteiger partial charge in [0.2, 0.25) is 0 Å². The Labute approximate surface area is 261 Å². The molecular weight excluding hydrogens is 560 g/mol. The lowest BCUT2D eigenvalue weighted by molar-refractivity contribution is 0.0601. The fraction of sp³-hybridized carbons (Fsp3) is 0.132. The van der Waals surface area contributed by atoms with Gasteiger partial charge in [0.05, 0.1) is 40.3 Å². The van der Waals surface area contributed by atoms with Crippen molar-refractivity contribution in [1.82, 2.24) is 19.1 Å².